The molecule has 2 N–H and O–H groups in total. The Balaban J connectivity index is 2.24. The quantitative estimate of drug-likeness (QED) is 0.781. The minimum atomic E-state index is -1.11. The Morgan fingerprint density at radius 2 is 2.10 bits per heavy atom. The summed E-state index contributed by atoms with van der Waals surface area (Å²) < 4.78 is 5.00. The Bertz CT molecular complexity index is 578. The first-order valence-corrected chi connectivity index (χ1v) is 6.07. The van der Waals surface area contributed by atoms with Gasteiger partial charge in [-0.25, -0.2) is 4.79 Å². The predicted molar refractivity (Wildman–Crippen MR) is 67.2 cm³/mol. The normalized spacial score (nSPS) is 17.9. The second-order valence-corrected chi connectivity index (χ2v) is 5.22. The van der Waals surface area contributed by atoms with Crippen LogP contribution < -0.4 is 5.73 Å². The van der Waals surface area contributed by atoms with Gasteiger partial charge in [0.2, 0.25) is 5.91 Å². The Hall–Kier alpha value is -2.38. The van der Waals surface area contributed by atoms with E-state index in [1.807, 2.05) is 0 Å². The van der Waals surface area contributed by atoms with Crippen LogP contribution in [0.15, 0.2) is 10.6 Å². The molecule has 0 saturated carbocycles. The molecule has 20 heavy (non-hydrogen) atoms. The van der Waals surface area contributed by atoms with Crippen molar-refractivity contribution in [3.05, 3.63) is 17.5 Å². The summed E-state index contributed by atoms with van der Waals surface area (Å²) in [4.78, 5) is 37.7. The van der Waals surface area contributed by atoms with Crippen molar-refractivity contribution in [1.29, 1.82) is 0 Å². The van der Waals surface area contributed by atoms with Gasteiger partial charge in [-0.05, 0) is 20.8 Å². The first-order valence-electron chi connectivity index (χ1n) is 6.07. The van der Waals surface area contributed by atoms with Crippen LogP contribution in [-0.4, -0.2) is 44.9 Å². The zero-order valence-electron chi connectivity index (χ0n) is 11.5. The summed E-state index contributed by atoms with van der Waals surface area (Å²) in [6.07, 6.45) is 0. The lowest BCUT2D eigenvalue weighted by atomic mass is 10.0. The van der Waals surface area contributed by atoms with Crippen molar-refractivity contribution in [2.24, 2.45) is 5.73 Å². The highest BCUT2D eigenvalue weighted by molar-refractivity contribution is 6.07. The monoisotopic (exact) mass is 280 g/mol. The van der Waals surface area contributed by atoms with Crippen LogP contribution in [0.4, 0.5) is 4.79 Å². The van der Waals surface area contributed by atoms with Gasteiger partial charge in [-0.2, -0.15) is 0 Å². The second kappa shape index (κ2) is 4.62. The van der Waals surface area contributed by atoms with E-state index in [1.165, 1.54) is 0 Å². The molecular weight excluding hydrogens is 264 g/mol. The van der Waals surface area contributed by atoms with Crippen LogP contribution in [0.1, 0.15) is 25.3 Å². The van der Waals surface area contributed by atoms with Gasteiger partial charge in [0.05, 0.1) is 12.2 Å². The summed E-state index contributed by atoms with van der Waals surface area (Å²) >= 11 is 0. The molecule has 4 amide bonds. The molecule has 2 heterocycles. The first kappa shape index (κ1) is 14.0. The van der Waals surface area contributed by atoms with Gasteiger partial charge in [-0.15, -0.1) is 0 Å². The predicted octanol–water partition coefficient (Wildman–Crippen LogP) is 0.0111. The first-order chi connectivity index (χ1) is 9.23. The zero-order chi connectivity index (χ0) is 15.1. The van der Waals surface area contributed by atoms with Crippen LogP contribution in [0.2, 0.25) is 0 Å². The second-order valence-electron chi connectivity index (χ2n) is 5.22. The summed E-state index contributed by atoms with van der Waals surface area (Å²) in [5.74, 6) is -0.671. The largest absolute Gasteiger partial charge is 0.368 e. The lowest BCUT2D eigenvalue weighted by Crippen LogP contribution is -2.47. The third-order valence-electron chi connectivity index (χ3n) is 3.21. The highest BCUT2D eigenvalue weighted by atomic mass is 16.5. The van der Waals surface area contributed by atoms with Crippen molar-refractivity contribution in [2.75, 3.05) is 6.54 Å². The van der Waals surface area contributed by atoms with Crippen molar-refractivity contribution in [1.82, 2.24) is 15.0 Å². The topological polar surface area (TPSA) is 110 Å². The van der Waals surface area contributed by atoms with E-state index in [-0.39, 0.29) is 13.1 Å². The third kappa shape index (κ3) is 2.24. The highest BCUT2D eigenvalue weighted by Crippen LogP contribution is 2.28. The molecule has 1 aliphatic rings. The number of amides is 4. The number of imide groups is 1. The average Bonchev–Trinajstić information content (AvgIpc) is 2.81. The number of nitrogens with zero attached hydrogens (tertiary/aromatic N) is 3. The van der Waals surface area contributed by atoms with Gasteiger partial charge >= 0.3 is 6.03 Å². The van der Waals surface area contributed by atoms with Crippen molar-refractivity contribution in [2.45, 2.75) is 32.9 Å². The van der Waals surface area contributed by atoms with Crippen LogP contribution in [0.5, 0.6) is 0 Å². The van der Waals surface area contributed by atoms with Crippen LogP contribution >= 0.6 is 0 Å². The number of rotatable bonds is 4. The van der Waals surface area contributed by atoms with Crippen molar-refractivity contribution in [3.63, 3.8) is 0 Å². The highest BCUT2D eigenvalue weighted by Gasteiger charge is 2.51. The standard InChI is InChI=1S/C12H16N4O4/c1-7-4-8(20-14-7)5-15-10(18)12(2,3)16(11(15)19)6-9(13)17/h4H,5-6H2,1-3H3,(H2,13,17). The van der Waals surface area contributed by atoms with Gasteiger partial charge in [0.15, 0.2) is 5.76 Å². The van der Waals surface area contributed by atoms with Crippen LogP contribution in [0.3, 0.4) is 0 Å². The fraction of sp³-hybridized carbons (Fsp3) is 0.500. The number of hydrogen-bond acceptors (Lipinski definition) is 5. The summed E-state index contributed by atoms with van der Waals surface area (Å²) in [7, 11) is 0. The molecule has 0 radical (unpaired) electrons. The lowest BCUT2D eigenvalue weighted by molar-refractivity contribution is -0.132. The molecule has 1 saturated heterocycles. The third-order valence-corrected chi connectivity index (χ3v) is 3.21. The number of hydrogen-bond donors (Lipinski definition) is 1. The molecule has 108 valence electrons. The van der Waals surface area contributed by atoms with Gasteiger partial charge in [0.25, 0.3) is 5.91 Å². The number of aromatic nitrogens is 1. The van der Waals surface area contributed by atoms with Crippen LogP contribution in [-0.2, 0) is 16.1 Å². The molecule has 1 aromatic heterocycles. The van der Waals surface area contributed by atoms with Crippen LogP contribution in [0.25, 0.3) is 0 Å². The van der Waals surface area contributed by atoms with Crippen molar-refractivity contribution < 1.29 is 18.9 Å². The summed E-state index contributed by atoms with van der Waals surface area (Å²) in [5.41, 5.74) is 4.66. The maximum atomic E-state index is 12.3. The Labute approximate surface area is 115 Å². The van der Waals surface area contributed by atoms with E-state index < -0.39 is 23.4 Å². The maximum absolute atomic E-state index is 12.3. The molecule has 1 aliphatic heterocycles. The van der Waals surface area contributed by atoms with E-state index in [9.17, 15) is 14.4 Å². The van der Waals surface area contributed by atoms with Gasteiger partial charge in [-0.1, -0.05) is 5.16 Å². The molecule has 0 unspecified atom stereocenters. The molecular formula is C12H16N4O4. The molecule has 0 aromatic carbocycles. The molecule has 1 aromatic rings. The Morgan fingerprint density at radius 1 is 1.45 bits per heavy atom. The summed E-state index contributed by atoms with van der Waals surface area (Å²) in [5, 5.41) is 3.70. The SMILES string of the molecule is Cc1cc(CN2C(=O)N(CC(N)=O)C(C)(C)C2=O)on1. The summed E-state index contributed by atoms with van der Waals surface area (Å²) in [6, 6.07) is 1.08. The van der Waals surface area contributed by atoms with Gasteiger partial charge in [0.1, 0.15) is 12.1 Å². The number of carbonyl (C=O) groups is 3. The number of urea groups is 1. The number of nitrogens with two attached hydrogens (primary N) is 1. The molecule has 8 heteroatoms. The molecule has 1 fully saturated rings. The average molecular weight is 280 g/mol. The Kier molecular flexibility index (Phi) is 3.24. The fourth-order valence-corrected chi connectivity index (χ4v) is 2.12. The van der Waals surface area contributed by atoms with E-state index >= 15 is 0 Å². The summed E-state index contributed by atoms with van der Waals surface area (Å²) in [6.45, 7) is 4.56. The minimum absolute atomic E-state index is 0.0167. The fourth-order valence-electron chi connectivity index (χ4n) is 2.12. The molecule has 2 rings (SSSR count). The van der Waals surface area contributed by atoms with E-state index in [0.29, 0.717) is 11.5 Å². The van der Waals surface area contributed by atoms with Crippen molar-refractivity contribution >= 4 is 17.8 Å². The molecule has 8 nitrogen and oxygen atoms in total. The van der Waals surface area contributed by atoms with E-state index in [2.05, 4.69) is 5.16 Å². The lowest BCUT2D eigenvalue weighted by Gasteiger charge is -2.26. The zero-order valence-corrected chi connectivity index (χ0v) is 11.5. The molecule has 0 atom stereocenters. The molecule has 0 bridgehead atoms. The van der Waals surface area contributed by atoms with Gasteiger partial charge in [0, 0.05) is 6.07 Å². The van der Waals surface area contributed by atoms with Gasteiger partial charge in [-0.3, -0.25) is 14.5 Å². The van der Waals surface area contributed by atoms with E-state index in [0.717, 1.165) is 9.80 Å². The number of aryl methyl sites for hydroxylation is 1. The minimum Gasteiger partial charge on any atom is -0.368 e. The maximum Gasteiger partial charge on any atom is 0.328 e. The van der Waals surface area contributed by atoms with Crippen molar-refractivity contribution in [3.8, 4) is 0 Å². The van der Waals surface area contributed by atoms with E-state index in [4.69, 9.17) is 10.3 Å². The van der Waals surface area contributed by atoms with Crippen LogP contribution in [0, 0.1) is 6.92 Å². The van der Waals surface area contributed by atoms with Gasteiger partial charge < -0.3 is 15.2 Å². The molecule has 0 spiro atoms. The number of primary amides is 1. The molecule has 0 aliphatic carbocycles. The van der Waals surface area contributed by atoms with E-state index in [1.54, 1.807) is 26.8 Å². The smallest absolute Gasteiger partial charge is 0.328 e. The Morgan fingerprint density at radius 3 is 2.60 bits per heavy atom. The number of carbonyl (C=O) groups excluding carboxylic acids is 3.